The first-order valence-electron chi connectivity index (χ1n) is 10.8. The Morgan fingerprint density at radius 2 is 2.07 bits per heavy atom. The van der Waals surface area contributed by atoms with E-state index < -0.39 is 0 Å². The number of hydrogen-bond donors (Lipinski definition) is 1. The zero-order valence-corrected chi connectivity index (χ0v) is 18.0. The van der Waals surface area contributed by atoms with Gasteiger partial charge in [-0.05, 0) is 69.7 Å². The molecule has 1 aliphatic carbocycles. The van der Waals surface area contributed by atoms with Gasteiger partial charge in [-0.1, -0.05) is 6.42 Å². The van der Waals surface area contributed by atoms with Crippen molar-refractivity contribution in [3.63, 3.8) is 0 Å². The maximum atomic E-state index is 12.4. The van der Waals surface area contributed by atoms with Crippen LogP contribution in [0.15, 0.2) is 23.0 Å². The molecule has 0 saturated carbocycles. The molecule has 3 heterocycles. The van der Waals surface area contributed by atoms with Crippen molar-refractivity contribution in [2.75, 3.05) is 19.6 Å². The van der Waals surface area contributed by atoms with Crippen LogP contribution in [0.25, 0.3) is 0 Å². The fraction of sp³-hybridized carbons (Fsp3) is 0.591. The van der Waals surface area contributed by atoms with Crippen LogP contribution < -0.4 is 10.9 Å². The van der Waals surface area contributed by atoms with Gasteiger partial charge in [-0.2, -0.15) is 5.10 Å². The number of nitrogens with one attached hydrogen (secondary N) is 1. The second-order valence-electron chi connectivity index (χ2n) is 8.19. The Bertz CT molecular complexity index is 920. The molecule has 0 spiro atoms. The third kappa shape index (κ3) is 4.95. The summed E-state index contributed by atoms with van der Waals surface area (Å²) in [6.45, 7) is 5.09. The van der Waals surface area contributed by atoms with Crippen molar-refractivity contribution >= 4 is 17.2 Å². The van der Waals surface area contributed by atoms with Crippen LogP contribution in [0.4, 0.5) is 0 Å². The van der Waals surface area contributed by atoms with Gasteiger partial charge in [-0.15, -0.1) is 11.3 Å². The van der Waals surface area contributed by atoms with Crippen molar-refractivity contribution in [3.8, 4) is 0 Å². The van der Waals surface area contributed by atoms with Crippen LogP contribution in [0.5, 0.6) is 0 Å². The smallest absolute Gasteiger partial charge is 0.267 e. The van der Waals surface area contributed by atoms with Gasteiger partial charge in [-0.3, -0.25) is 14.5 Å². The third-order valence-corrected chi connectivity index (χ3v) is 7.08. The minimum atomic E-state index is 0.0144. The summed E-state index contributed by atoms with van der Waals surface area (Å²) in [7, 11) is 0. The van der Waals surface area contributed by atoms with Crippen molar-refractivity contribution < 1.29 is 4.79 Å². The van der Waals surface area contributed by atoms with Crippen molar-refractivity contribution in [2.45, 2.75) is 64.5 Å². The van der Waals surface area contributed by atoms with E-state index in [9.17, 15) is 9.59 Å². The van der Waals surface area contributed by atoms with Crippen molar-refractivity contribution in [1.29, 1.82) is 0 Å². The standard InChI is InChI=1S/C22H30N4O2S/c1-16-9-10-20(29-16)22(28)23-15-18-7-4-5-11-25(18)12-13-26-21(27)14-17-6-2-3-8-19(17)24-26/h9-10,14,18H,2-8,11-13,15H2,1H3,(H,23,28). The topological polar surface area (TPSA) is 67.2 Å². The zero-order valence-electron chi connectivity index (χ0n) is 17.2. The van der Waals surface area contributed by atoms with Crippen LogP contribution in [0.3, 0.4) is 0 Å². The largest absolute Gasteiger partial charge is 0.350 e. The number of rotatable bonds is 6. The number of hydrogen-bond acceptors (Lipinski definition) is 5. The van der Waals surface area contributed by atoms with Crippen LogP contribution in [0, 0.1) is 6.92 Å². The van der Waals surface area contributed by atoms with Crippen molar-refractivity contribution in [3.05, 3.63) is 49.6 Å². The highest BCUT2D eigenvalue weighted by atomic mass is 32.1. The molecule has 0 aromatic carbocycles. The Kier molecular flexibility index (Phi) is 6.45. The molecule has 2 aromatic heterocycles. The van der Waals surface area contributed by atoms with Gasteiger partial charge >= 0.3 is 0 Å². The van der Waals surface area contributed by atoms with E-state index in [-0.39, 0.29) is 11.5 Å². The fourth-order valence-corrected chi connectivity index (χ4v) is 5.21. The SMILES string of the molecule is Cc1ccc(C(=O)NCC2CCCCN2CCn2nc3c(cc2=O)CCCC3)s1. The minimum Gasteiger partial charge on any atom is -0.350 e. The van der Waals surface area contributed by atoms with Crippen LogP contribution in [-0.4, -0.2) is 46.3 Å². The molecule has 6 nitrogen and oxygen atoms in total. The van der Waals surface area contributed by atoms with Crippen LogP contribution in [0.1, 0.15) is 57.9 Å². The number of piperidine rings is 1. The molecule has 7 heteroatoms. The maximum absolute atomic E-state index is 12.4. The van der Waals surface area contributed by atoms with Gasteiger partial charge in [0.15, 0.2) is 0 Å². The summed E-state index contributed by atoms with van der Waals surface area (Å²) in [6, 6.07) is 5.98. The first-order valence-corrected chi connectivity index (χ1v) is 11.6. The highest BCUT2D eigenvalue weighted by molar-refractivity contribution is 7.13. The fourth-order valence-electron chi connectivity index (χ4n) is 4.42. The molecule has 1 atom stereocenters. The lowest BCUT2D eigenvalue weighted by Gasteiger charge is -2.35. The normalized spacial score (nSPS) is 19.7. The first-order chi connectivity index (χ1) is 14.1. The summed E-state index contributed by atoms with van der Waals surface area (Å²) in [6.07, 6.45) is 7.72. The number of carbonyl (C=O) groups is 1. The highest BCUT2D eigenvalue weighted by Gasteiger charge is 2.23. The van der Waals surface area contributed by atoms with Gasteiger partial charge in [-0.25, -0.2) is 4.68 Å². The number of fused-ring (bicyclic) bond motifs is 1. The average molecular weight is 415 g/mol. The second-order valence-corrected chi connectivity index (χ2v) is 9.48. The minimum absolute atomic E-state index is 0.0144. The molecule has 0 radical (unpaired) electrons. The van der Waals surface area contributed by atoms with Gasteiger partial charge in [0.25, 0.3) is 11.5 Å². The Morgan fingerprint density at radius 3 is 2.90 bits per heavy atom. The van der Waals surface area contributed by atoms with Crippen molar-refractivity contribution in [2.24, 2.45) is 0 Å². The van der Waals surface area contributed by atoms with E-state index in [1.54, 1.807) is 10.7 Å². The number of thiophene rings is 1. The van der Waals surface area contributed by atoms with E-state index in [0.717, 1.165) is 66.2 Å². The Hall–Kier alpha value is -1.99. The Morgan fingerprint density at radius 1 is 1.21 bits per heavy atom. The molecule has 1 saturated heterocycles. The van der Waals surface area contributed by atoms with Crippen LogP contribution in [-0.2, 0) is 19.4 Å². The molecule has 0 bridgehead atoms. The molecule has 156 valence electrons. The van der Waals surface area contributed by atoms with Gasteiger partial charge in [0, 0.05) is 30.1 Å². The molecule has 1 N–H and O–H groups in total. The molecule has 2 aromatic rings. The van der Waals surface area contributed by atoms with E-state index in [0.29, 0.717) is 19.1 Å². The third-order valence-electron chi connectivity index (χ3n) is 6.08. The van der Waals surface area contributed by atoms with Crippen molar-refractivity contribution in [1.82, 2.24) is 20.0 Å². The average Bonchev–Trinajstić information content (AvgIpc) is 3.17. The molecule has 4 rings (SSSR count). The molecule has 1 unspecified atom stereocenters. The number of likely N-dealkylation sites (tertiary alicyclic amines) is 1. The molecule has 29 heavy (non-hydrogen) atoms. The molecular weight excluding hydrogens is 384 g/mol. The predicted molar refractivity (Wildman–Crippen MR) is 116 cm³/mol. The lowest BCUT2D eigenvalue weighted by Crippen LogP contribution is -2.48. The summed E-state index contributed by atoms with van der Waals surface area (Å²) in [5, 5.41) is 7.76. The predicted octanol–water partition coefficient (Wildman–Crippen LogP) is 2.78. The zero-order chi connectivity index (χ0) is 20.2. The van der Waals surface area contributed by atoms with E-state index >= 15 is 0 Å². The molecule has 2 aliphatic rings. The second kappa shape index (κ2) is 9.22. The van der Waals surface area contributed by atoms with E-state index in [1.807, 2.05) is 19.1 Å². The van der Waals surface area contributed by atoms with Gasteiger partial charge in [0.2, 0.25) is 0 Å². The van der Waals surface area contributed by atoms with E-state index in [4.69, 9.17) is 0 Å². The van der Waals surface area contributed by atoms with Gasteiger partial charge in [0.1, 0.15) is 0 Å². The Balaban J connectivity index is 1.35. The first kappa shape index (κ1) is 20.3. The summed E-state index contributed by atoms with van der Waals surface area (Å²) in [5.41, 5.74) is 2.25. The summed E-state index contributed by atoms with van der Waals surface area (Å²) < 4.78 is 1.64. The number of nitrogens with zero attached hydrogens (tertiary/aromatic N) is 3. The number of carbonyl (C=O) groups excluding carboxylic acids is 1. The molecular formula is C22H30N4O2S. The Labute approximate surface area is 175 Å². The maximum Gasteiger partial charge on any atom is 0.267 e. The summed E-state index contributed by atoms with van der Waals surface area (Å²) in [4.78, 5) is 29.2. The summed E-state index contributed by atoms with van der Waals surface area (Å²) >= 11 is 1.53. The molecule has 1 amide bonds. The number of aryl methyl sites for hydroxylation is 3. The quantitative estimate of drug-likeness (QED) is 0.789. The van der Waals surface area contributed by atoms with Crippen LogP contribution in [0.2, 0.25) is 0 Å². The number of aromatic nitrogens is 2. The lowest BCUT2D eigenvalue weighted by molar-refractivity contribution is 0.0913. The van der Waals surface area contributed by atoms with E-state index in [2.05, 4.69) is 15.3 Å². The monoisotopic (exact) mass is 414 g/mol. The summed E-state index contributed by atoms with van der Waals surface area (Å²) in [5.74, 6) is 0.0150. The van der Waals surface area contributed by atoms with Gasteiger partial charge in [0.05, 0.1) is 17.1 Å². The molecule has 1 aliphatic heterocycles. The van der Waals surface area contributed by atoms with Crippen LogP contribution >= 0.6 is 11.3 Å². The number of amides is 1. The molecule has 1 fully saturated rings. The van der Waals surface area contributed by atoms with Gasteiger partial charge < -0.3 is 5.32 Å². The van der Waals surface area contributed by atoms with E-state index in [1.165, 1.54) is 24.2 Å². The lowest BCUT2D eigenvalue weighted by atomic mass is 9.97. The highest BCUT2D eigenvalue weighted by Crippen LogP contribution is 2.19.